The van der Waals surface area contributed by atoms with Crippen molar-refractivity contribution in [3.63, 3.8) is 0 Å². The highest BCUT2D eigenvalue weighted by Crippen LogP contribution is 2.65. The lowest BCUT2D eigenvalue weighted by Crippen LogP contribution is -2.36. The molecule has 6 aliphatic carbocycles. The van der Waals surface area contributed by atoms with Crippen LogP contribution in [-0.4, -0.2) is 20.5 Å². The number of thioether (sulfide) groups is 4. The van der Waals surface area contributed by atoms with E-state index >= 15 is 0 Å². The lowest BCUT2D eigenvalue weighted by atomic mass is 9.53. The lowest BCUT2D eigenvalue weighted by Gasteiger charge is -2.50. The fourth-order valence-corrected chi connectivity index (χ4v) is 10.1. The Kier molecular flexibility index (Phi) is 7.68. The van der Waals surface area contributed by atoms with Crippen molar-refractivity contribution in [2.75, 3.05) is 0 Å². The Morgan fingerprint density at radius 3 is 0.750 bits per heavy atom. The fourth-order valence-electron chi connectivity index (χ4n) is 7.45. The highest BCUT2D eigenvalue weighted by atomic mass is 32.2. The van der Waals surface area contributed by atoms with Crippen molar-refractivity contribution in [2.24, 2.45) is 0 Å². The maximum Gasteiger partial charge on any atom is 0.190 e. The Balaban J connectivity index is 1.55. The molecule has 0 saturated heterocycles. The van der Waals surface area contributed by atoms with Crippen LogP contribution in [-0.2, 0) is 19.2 Å². The highest BCUT2D eigenvalue weighted by Gasteiger charge is 2.50. The topological polar surface area (TPSA) is 68.3 Å². The molecule has 4 bridgehead atoms. The summed E-state index contributed by atoms with van der Waals surface area (Å²) in [6, 6.07) is 25.8. The van der Waals surface area contributed by atoms with Gasteiger partial charge >= 0.3 is 0 Å². The first-order valence-corrected chi connectivity index (χ1v) is 17.6. The van der Waals surface area contributed by atoms with E-state index in [0.29, 0.717) is 0 Å². The first-order chi connectivity index (χ1) is 21.1. The Morgan fingerprint density at radius 1 is 0.364 bits per heavy atom. The summed E-state index contributed by atoms with van der Waals surface area (Å²) in [4.78, 5) is 52.3. The van der Waals surface area contributed by atoms with Crippen molar-refractivity contribution in [1.82, 2.24) is 0 Å². The maximum absolute atomic E-state index is 12.2. The van der Waals surface area contributed by atoms with Gasteiger partial charge in [-0.15, -0.1) is 0 Å². The number of benzene rings is 4. The van der Waals surface area contributed by atoms with Crippen molar-refractivity contribution in [1.29, 1.82) is 0 Å². The minimum absolute atomic E-state index is 0.0471. The third-order valence-electron chi connectivity index (χ3n) is 8.63. The Bertz CT molecular complexity index is 1650. The molecule has 0 spiro atoms. The summed E-state index contributed by atoms with van der Waals surface area (Å²) in [6.45, 7) is 6.37. The van der Waals surface area contributed by atoms with Crippen LogP contribution >= 0.6 is 47.0 Å². The molecule has 10 rings (SSSR count). The number of carbonyl (C=O) groups excluding carboxylic acids is 4. The van der Waals surface area contributed by atoms with Gasteiger partial charge in [0.1, 0.15) is 0 Å². The summed E-state index contributed by atoms with van der Waals surface area (Å²) in [7, 11) is 0. The molecule has 6 aliphatic rings. The molecule has 0 heterocycles. The molecule has 0 aliphatic heterocycles. The average Bonchev–Trinajstić information content (AvgIpc) is 2.93. The van der Waals surface area contributed by atoms with Gasteiger partial charge in [0.05, 0.1) is 0 Å². The van der Waals surface area contributed by atoms with Crippen LogP contribution in [0.5, 0.6) is 0 Å². The van der Waals surface area contributed by atoms with E-state index in [-0.39, 0.29) is 44.1 Å². The average molecular weight is 653 g/mol. The van der Waals surface area contributed by atoms with Crippen LogP contribution in [0, 0.1) is 0 Å². The zero-order valence-electron chi connectivity index (χ0n) is 24.5. The van der Waals surface area contributed by atoms with Crippen molar-refractivity contribution in [3.05, 3.63) is 117 Å². The number of rotatable bonds is 4. The van der Waals surface area contributed by atoms with E-state index in [9.17, 15) is 19.2 Å². The summed E-state index contributed by atoms with van der Waals surface area (Å²) in [5, 5.41) is 0.188. The SMILES string of the molecule is CC(=O)Sc1ccc2c(c1)[C@H]1c3ccc(SC(C)=O)cc3[C@@H]2[C@H]2c3ccc(SC(C)=O)cc3[C@@H]1c1ccc(SC(C)=O)cc12. The zero-order valence-corrected chi connectivity index (χ0v) is 27.8. The van der Waals surface area contributed by atoms with E-state index in [1.165, 1.54) is 91.6 Å². The van der Waals surface area contributed by atoms with Crippen molar-refractivity contribution < 1.29 is 19.2 Å². The van der Waals surface area contributed by atoms with Gasteiger partial charge in [0.25, 0.3) is 0 Å². The van der Waals surface area contributed by atoms with Gasteiger partial charge in [-0.2, -0.15) is 0 Å². The van der Waals surface area contributed by atoms with Crippen LogP contribution in [0.25, 0.3) is 0 Å². The van der Waals surface area contributed by atoms with Crippen molar-refractivity contribution in [2.45, 2.75) is 70.9 Å². The van der Waals surface area contributed by atoms with Gasteiger partial charge in [0.2, 0.25) is 0 Å². The van der Waals surface area contributed by atoms with Crippen LogP contribution in [0.15, 0.2) is 92.4 Å². The van der Waals surface area contributed by atoms with Gasteiger partial charge in [-0.3, -0.25) is 19.2 Å². The molecule has 4 atom stereocenters. The molecular weight excluding hydrogens is 625 g/mol. The summed E-state index contributed by atoms with van der Waals surface area (Å²) >= 11 is 5.02. The normalized spacial score (nSPS) is 20.1. The quantitative estimate of drug-likeness (QED) is 0.202. The van der Waals surface area contributed by atoms with Crippen LogP contribution in [0.4, 0.5) is 0 Å². The minimum Gasteiger partial charge on any atom is -0.287 e. The van der Waals surface area contributed by atoms with Crippen LogP contribution in [0.3, 0.4) is 0 Å². The van der Waals surface area contributed by atoms with Crippen LogP contribution in [0.1, 0.15) is 95.9 Å². The number of hydrogen-bond acceptors (Lipinski definition) is 8. The Hall–Kier alpha value is -3.04. The second-order valence-corrected chi connectivity index (χ2v) is 16.4. The molecule has 0 amide bonds. The van der Waals surface area contributed by atoms with E-state index in [1.807, 2.05) is 0 Å². The third kappa shape index (κ3) is 5.10. The van der Waals surface area contributed by atoms with Gasteiger partial charge < -0.3 is 0 Å². The van der Waals surface area contributed by atoms with Crippen molar-refractivity contribution in [3.8, 4) is 0 Å². The zero-order chi connectivity index (χ0) is 30.9. The first-order valence-electron chi connectivity index (χ1n) is 14.4. The third-order valence-corrected chi connectivity index (χ3v) is 11.7. The molecule has 0 N–H and O–H groups in total. The molecular formula is C36H28O4S4. The van der Waals surface area contributed by atoms with Gasteiger partial charge in [0, 0.05) is 70.9 Å². The predicted octanol–water partition coefficient (Wildman–Crippen LogP) is 9.11. The number of hydrogen-bond donors (Lipinski definition) is 0. The smallest absolute Gasteiger partial charge is 0.190 e. The minimum atomic E-state index is -0.0530. The lowest BCUT2D eigenvalue weighted by molar-refractivity contribution is -0.109. The molecule has 44 heavy (non-hydrogen) atoms. The van der Waals surface area contributed by atoms with E-state index in [2.05, 4.69) is 72.8 Å². The molecule has 4 nitrogen and oxygen atoms in total. The standard InChI is InChI=1S/C36H28O4S4/c1-17(37)41-21-5-9-25-29(13-21)33-26-10-6-22(42-18(2)38)14-30(26)34(25)36-28-12-8-23(43-19(3)39)15-31(28)35(33)27-11-7-24(16-32(27)36)44-20(4)40/h5-16,33-36H,1-4H3/t33-,34-,35+,36+. The second kappa shape index (κ2) is 11.4. The Morgan fingerprint density at radius 2 is 0.568 bits per heavy atom. The fraction of sp³-hybridized carbons (Fsp3) is 0.222. The monoisotopic (exact) mass is 652 g/mol. The molecule has 0 radical (unpaired) electrons. The van der Waals surface area contributed by atoms with Gasteiger partial charge in [-0.05, 0) is 93.0 Å². The molecule has 0 unspecified atom stereocenters. The van der Waals surface area contributed by atoms with Gasteiger partial charge in [0.15, 0.2) is 20.5 Å². The summed E-state index contributed by atoms with van der Waals surface area (Å²) in [5.41, 5.74) is 9.82. The molecule has 8 heteroatoms. The van der Waals surface area contributed by atoms with E-state index < -0.39 is 0 Å². The Labute approximate surface area is 273 Å². The number of carbonyl (C=O) groups is 4. The van der Waals surface area contributed by atoms with Crippen LogP contribution in [0.2, 0.25) is 0 Å². The molecule has 4 aromatic rings. The summed E-state index contributed by atoms with van der Waals surface area (Å²) in [6.07, 6.45) is 0. The summed E-state index contributed by atoms with van der Waals surface area (Å²) in [5.74, 6) is -0.212. The highest BCUT2D eigenvalue weighted by molar-refractivity contribution is 8.14. The second-order valence-electron chi connectivity index (χ2n) is 11.4. The maximum atomic E-state index is 12.2. The largest absolute Gasteiger partial charge is 0.287 e. The van der Waals surface area contributed by atoms with Crippen molar-refractivity contribution >= 4 is 67.5 Å². The summed E-state index contributed by atoms with van der Waals surface area (Å²) < 4.78 is 0. The predicted molar refractivity (Wildman–Crippen MR) is 179 cm³/mol. The van der Waals surface area contributed by atoms with E-state index in [1.54, 1.807) is 27.7 Å². The van der Waals surface area contributed by atoms with Gasteiger partial charge in [-0.1, -0.05) is 71.3 Å². The molecule has 220 valence electrons. The van der Waals surface area contributed by atoms with Crippen LogP contribution < -0.4 is 0 Å². The van der Waals surface area contributed by atoms with E-state index in [4.69, 9.17) is 0 Å². The first kappa shape index (κ1) is 29.7. The molecule has 0 aromatic heterocycles. The molecule has 0 fully saturated rings. The van der Waals surface area contributed by atoms with E-state index in [0.717, 1.165) is 19.6 Å². The molecule has 0 saturated carbocycles. The van der Waals surface area contributed by atoms with Gasteiger partial charge in [-0.25, -0.2) is 0 Å². The molecule has 4 aromatic carbocycles.